The van der Waals surface area contributed by atoms with E-state index in [2.05, 4.69) is 13.8 Å². The molecular formula is C14H29N3O2S. The van der Waals surface area contributed by atoms with E-state index in [0.29, 0.717) is 25.6 Å². The monoisotopic (exact) mass is 303 g/mol. The Morgan fingerprint density at radius 3 is 2.50 bits per heavy atom. The second-order valence-electron chi connectivity index (χ2n) is 6.53. The molecule has 0 bridgehead atoms. The van der Waals surface area contributed by atoms with E-state index < -0.39 is 10.2 Å². The Labute approximate surface area is 123 Å². The van der Waals surface area contributed by atoms with Crippen LogP contribution in [0.3, 0.4) is 0 Å². The molecule has 2 fully saturated rings. The summed E-state index contributed by atoms with van der Waals surface area (Å²) in [6, 6.07) is 0.230. The van der Waals surface area contributed by atoms with Gasteiger partial charge in [-0.15, -0.1) is 0 Å². The summed E-state index contributed by atoms with van der Waals surface area (Å²) in [4.78, 5) is 0. The Balaban J connectivity index is 2.12. The predicted molar refractivity (Wildman–Crippen MR) is 81.5 cm³/mol. The van der Waals surface area contributed by atoms with E-state index in [1.165, 1.54) is 0 Å². The fraction of sp³-hybridized carbons (Fsp3) is 1.00. The Hall–Kier alpha value is -0.170. The summed E-state index contributed by atoms with van der Waals surface area (Å²) >= 11 is 0. The summed E-state index contributed by atoms with van der Waals surface area (Å²) in [7, 11) is -3.33. The third-order valence-corrected chi connectivity index (χ3v) is 6.47. The van der Waals surface area contributed by atoms with Crippen molar-refractivity contribution in [1.82, 2.24) is 8.61 Å². The number of hydrogen-bond donors (Lipinski definition) is 1. The average Bonchev–Trinajstić information content (AvgIpc) is 3.23. The topological polar surface area (TPSA) is 66.6 Å². The van der Waals surface area contributed by atoms with E-state index in [9.17, 15) is 8.42 Å². The molecule has 0 amide bonds. The highest BCUT2D eigenvalue weighted by molar-refractivity contribution is 7.86. The van der Waals surface area contributed by atoms with Gasteiger partial charge in [0.1, 0.15) is 0 Å². The average molecular weight is 303 g/mol. The van der Waals surface area contributed by atoms with Crippen LogP contribution in [0.5, 0.6) is 0 Å². The molecule has 0 aromatic rings. The zero-order valence-corrected chi connectivity index (χ0v) is 13.6. The van der Waals surface area contributed by atoms with E-state index in [1.807, 2.05) is 0 Å². The summed E-state index contributed by atoms with van der Waals surface area (Å²) in [5, 5.41) is 0. The van der Waals surface area contributed by atoms with Crippen LogP contribution < -0.4 is 5.73 Å². The van der Waals surface area contributed by atoms with Gasteiger partial charge in [-0.2, -0.15) is 17.0 Å². The standard InChI is InChI=1S/C14H29N3O2S/c1-12(2)8-10-17(13-6-7-13)20(18,19)16-9-4-3-5-14(16)11-15/h12-14H,3-11,15H2,1-2H3. The molecular weight excluding hydrogens is 274 g/mol. The molecule has 2 aliphatic rings. The molecule has 20 heavy (non-hydrogen) atoms. The number of piperidine rings is 1. The van der Waals surface area contributed by atoms with Gasteiger partial charge in [0.2, 0.25) is 0 Å². The fourth-order valence-corrected chi connectivity index (χ4v) is 5.00. The molecule has 118 valence electrons. The molecule has 0 aromatic heterocycles. The van der Waals surface area contributed by atoms with Crippen LogP contribution in [0.25, 0.3) is 0 Å². The van der Waals surface area contributed by atoms with Gasteiger partial charge in [-0.05, 0) is 38.0 Å². The lowest BCUT2D eigenvalue weighted by molar-refractivity contribution is 0.231. The summed E-state index contributed by atoms with van der Waals surface area (Å²) < 4.78 is 29.3. The first kappa shape index (κ1) is 16.2. The predicted octanol–water partition coefficient (Wildman–Crippen LogP) is 1.55. The minimum absolute atomic E-state index is 0.00551. The van der Waals surface area contributed by atoms with Gasteiger partial charge >= 0.3 is 0 Å². The van der Waals surface area contributed by atoms with Crippen LogP contribution in [0.15, 0.2) is 0 Å². The zero-order chi connectivity index (χ0) is 14.8. The van der Waals surface area contributed by atoms with Crippen molar-refractivity contribution in [1.29, 1.82) is 0 Å². The van der Waals surface area contributed by atoms with Gasteiger partial charge in [0, 0.05) is 31.7 Å². The van der Waals surface area contributed by atoms with Gasteiger partial charge in [0.15, 0.2) is 0 Å². The van der Waals surface area contributed by atoms with Gasteiger partial charge in [0.05, 0.1) is 0 Å². The smallest absolute Gasteiger partial charge is 0.282 e. The van der Waals surface area contributed by atoms with Crippen LogP contribution in [0.2, 0.25) is 0 Å². The molecule has 1 atom stereocenters. The number of hydrogen-bond acceptors (Lipinski definition) is 3. The van der Waals surface area contributed by atoms with Crippen LogP contribution in [0.1, 0.15) is 52.4 Å². The lowest BCUT2D eigenvalue weighted by atomic mass is 10.1. The van der Waals surface area contributed by atoms with Crippen molar-refractivity contribution in [3.63, 3.8) is 0 Å². The maximum Gasteiger partial charge on any atom is 0.282 e. The van der Waals surface area contributed by atoms with Crippen molar-refractivity contribution in [2.75, 3.05) is 19.6 Å². The van der Waals surface area contributed by atoms with Crippen molar-refractivity contribution in [3.05, 3.63) is 0 Å². The zero-order valence-electron chi connectivity index (χ0n) is 12.8. The van der Waals surface area contributed by atoms with Crippen molar-refractivity contribution < 1.29 is 8.42 Å². The van der Waals surface area contributed by atoms with Crippen LogP contribution in [0.4, 0.5) is 0 Å². The minimum Gasteiger partial charge on any atom is -0.329 e. The lowest BCUT2D eigenvalue weighted by Crippen LogP contribution is -2.53. The minimum atomic E-state index is -3.33. The van der Waals surface area contributed by atoms with E-state index in [0.717, 1.165) is 38.5 Å². The quantitative estimate of drug-likeness (QED) is 0.776. The third kappa shape index (κ3) is 3.72. The van der Waals surface area contributed by atoms with Crippen LogP contribution in [-0.4, -0.2) is 48.7 Å². The first-order chi connectivity index (χ1) is 9.46. The van der Waals surface area contributed by atoms with E-state index in [4.69, 9.17) is 5.73 Å². The van der Waals surface area contributed by atoms with Gasteiger partial charge in [-0.25, -0.2) is 0 Å². The summed E-state index contributed by atoms with van der Waals surface area (Å²) in [6.45, 7) is 6.00. The van der Waals surface area contributed by atoms with E-state index in [1.54, 1.807) is 8.61 Å². The number of nitrogens with two attached hydrogens (primary N) is 1. The Morgan fingerprint density at radius 1 is 1.25 bits per heavy atom. The molecule has 1 heterocycles. The highest BCUT2D eigenvalue weighted by atomic mass is 32.2. The van der Waals surface area contributed by atoms with Gasteiger partial charge in [-0.1, -0.05) is 20.3 Å². The molecule has 2 rings (SSSR count). The van der Waals surface area contributed by atoms with Crippen molar-refractivity contribution in [2.24, 2.45) is 11.7 Å². The molecule has 0 radical (unpaired) electrons. The maximum absolute atomic E-state index is 12.9. The van der Waals surface area contributed by atoms with Crippen LogP contribution in [0, 0.1) is 5.92 Å². The number of rotatable bonds is 7. The highest BCUT2D eigenvalue weighted by Gasteiger charge is 2.42. The molecule has 0 aromatic carbocycles. The molecule has 1 saturated carbocycles. The second kappa shape index (κ2) is 6.73. The van der Waals surface area contributed by atoms with Crippen LogP contribution in [-0.2, 0) is 10.2 Å². The fourth-order valence-electron chi connectivity index (χ4n) is 2.88. The molecule has 1 aliphatic heterocycles. The Kier molecular flexibility index (Phi) is 5.45. The molecule has 1 unspecified atom stereocenters. The highest BCUT2D eigenvalue weighted by Crippen LogP contribution is 2.33. The second-order valence-corrected chi connectivity index (χ2v) is 8.36. The molecule has 0 spiro atoms. The Bertz CT molecular complexity index is 407. The molecule has 6 heteroatoms. The molecule has 5 nitrogen and oxygen atoms in total. The summed E-state index contributed by atoms with van der Waals surface area (Å²) in [6.07, 6.45) is 5.90. The summed E-state index contributed by atoms with van der Waals surface area (Å²) in [5.74, 6) is 0.526. The van der Waals surface area contributed by atoms with Crippen LogP contribution >= 0.6 is 0 Å². The normalized spacial score (nSPS) is 25.6. The van der Waals surface area contributed by atoms with Gasteiger partial charge in [0.25, 0.3) is 10.2 Å². The molecule has 1 saturated heterocycles. The third-order valence-electron chi connectivity index (χ3n) is 4.32. The van der Waals surface area contributed by atoms with Gasteiger partial charge in [-0.3, -0.25) is 0 Å². The largest absolute Gasteiger partial charge is 0.329 e. The van der Waals surface area contributed by atoms with E-state index in [-0.39, 0.29) is 12.1 Å². The van der Waals surface area contributed by atoms with Crippen molar-refractivity contribution in [2.45, 2.75) is 64.5 Å². The molecule has 1 aliphatic carbocycles. The maximum atomic E-state index is 12.9. The SMILES string of the molecule is CC(C)CCN(C1CC1)S(=O)(=O)N1CCCCC1CN. The van der Waals surface area contributed by atoms with Crippen molar-refractivity contribution in [3.8, 4) is 0 Å². The Morgan fingerprint density at radius 2 is 1.95 bits per heavy atom. The van der Waals surface area contributed by atoms with Crippen molar-refractivity contribution >= 4 is 10.2 Å². The summed E-state index contributed by atoms with van der Waals surface area (Å²) in [5.41, 5.74) is 5.78. The van der Waals surface area contributed by atoms with E-state index >= 15 is 0 Å². The first-order valence-corrected chi connectivity index (χ1v) is 9.35. The number of nitrogens with zero attached hydrogens (tertiary/aromatic N) is 2. The lowest BCUT2D eigenvalue weighted by Gasteiger charge is -2.37. The first-order valence-electron chi connectivity index (χ1n) is 7.95. The molecule has 2 N–H and O–H groups in total. The van der Waals surface area contributed by atoms with Gasteiger partial charge < -0.3 is 5.73 Å².